The zero-order valence-corrected chi connectivity index (χ0v) is 31.1. The topological polar surface area (TPSA) is 161 Å². The smallest absolute Gasteiger partial charge is 0.407 e. The van der Waals surface area contributed by atoms with Gasteiger partial charge >= 0.3 is 12.2 Å². The summed E-state index contributed by atoms with van der Waals surface area (Å²) in [7, 11) is 1.22. The number of hydrogen-bond donors (Lipinski definition) is 4. The molecule has 1 aliphatic heterocycles. The Hall–Kier alpha value is -4.27. The normalized spacial score (nSPS) is 18.2. The van der Waals surface area contributed by atoms with Crippen molar-refractivity contribution in [3.8, 4) is 11.1 Å². The Morgan fingerprint density at radius 3 is 2.44 bits per heavy atom. The molecular formula is C38H50ClN5O8. The second-order valence-corrected chi connectivity index (χ2v) is 14.4. The van der Waals surface area contributed by atoms with Gasteiger partial charge in [0.2, 0.25) is 0 Å². The molecule has 5 atom stereocenters. The van der Waals surface area contributed by atoms with Gasteiger partial charge in [-0.25, -0.2) is 14.6 Å². The largest absolute Gasteiger partial charge is 0.453 e. The molecule has 13 nitrogen and oxygen atoms in total. The number of pyridine rings is 1. The molecule has 0 bridgehead atoms. The summed E-state index contributed by atoms with van der Waals surface area (Å²) in [6.45, 7) is 8.12. The van der Waals surface area contributed by atoms with Gasteiger partial charge in [-0.05, 0) is 58.6 Å². The van der Waals surface area contributed by atoms with Gasteiger partial charge in [0, 0.05) is 37.1 Å². The summed E-state index contributed by atoms with van der Waals surface area (Å²) in [5.74, 6) is -0.556. The average molecular weight is 740 g/mol. The first-order valence-electron chi connectivity index (χ1n) is 17.3. The summed E-state index contributed by atoms with van der Waals surface area (Å²) in [6.07, 6.45) is 1.18. The zero-order chi connectivity index (χ0) is 37.7. The van der Waals surface area contributed by atoms with Crippen molar-refractivity contribution in [2.24, 2.45) is 11.3 Å². The van der Waals surface area contributed by atoms with E-state index in [-0.39, 0.29) is 38.8 Å². The molecule has 4 N–H and O–H groups in total. The Balaban J connectivity index is 1.59. The molecule has 52 heavy (non-hydrogen) atoms. The molecule has 14 heteroatoms. The highest BCUT2D eigenvalue weighted by atomic mass is 35.5. The molecule has 3 aromatic rings. The molecule has 0 spiro atoms. The summed E-state index contributed by atoms with van der Waals surface area (Å²) >= 11 is 6.52. The maximum Gasteiger partial charge on any atom is 0.407 e. The van der Waals surface area contributed by atoms with Crippen molar-refractivity contribution in [1.82, 2.24) is 26.1 Å². The number of amides is 3. The van der Waals surface area contributed by atoms with Gasteiger partial charge in [-0.15, -0.1) is 0 Å². The lowest BCUT2D eigenvalue weighted by molar-refractivity contribution is -0.131. The van der Waals surface area contributed by atoms with E-state index in [9.17, 15) is 19.5 Å². The molecule has 0 saturated carbocycles. The molecular weight excluding hydrogens is 690 g/mol. The van der Waals surface area contributed by atoms with Crippen LogP contribution in [0.5, 0.6) is 0 Å². The number of halogens is 1. The van der Waals surface area contributed by atoms with Gasteiger partial charge in [-0.1, -0.05) is 87.8 Å². The Morgan fingerprint density at radius 1 is 1.02 bits per heavy atom. The van der Waals surface area contributed by atoms with Gasteiger partial charge in [0.15, 0.2) is 0 Å². The summed E-state index contributed by atoms with van der Waals surface area (Å²) in [5, 5.41) is 19.3. The number of methoxy groups -OCH3 is 1. The number of rotatable bonds is 13. The second kappa shape index (κ2) is 19.5. The lowest BCUT2D eigenvalue weighted by atomic mass is 9.86. The Kier molecular flexibility index (Phi) is 15.2. The van der Waals surface area contributed by atoms with Gasteiger partial charge in [-0.2, -0.15) is 0 Å². The number of aromatic nitrogens is 1. The van der Waals surface area contributed by atoms with E-state index in [0.29, 0.717) is 23.6 Å². The number of carbonyl (C=O) groups is 3. The molecule has 0 radical (unpaired) electrons. The van der Waals surface area contributed by atoms with Crippen LogP contribution < -0.4 is 16.1 Å². The lowest BCUT2D eigenvalue weighted by Crippen LogP contribution is -2.59. The van der Waals surface area contributed by atoms with E-state index in [1.807, 2.05) is 55.5 Å². The van der Waals surface area contributed by atoms with Crippen molar-refractivity contribution >= 4 is 29.7 Å². The molecule has 0 aliphatic carbocycles. The average Bonchev–Trinajstić information content (AvgIpc) is 3.11. The van der Waals surface area contributed by atoms with Crippen LogP contribution in [0.2, 0.25) is 5.02 Å². The van der Waals surface area contributed by atoms with Gasteiger partial charge in [0.1, 0.15) is 18.9 Å². The van der Waals surface area contributed by atoms with Gasteiger partial charge in [0.25, 0.3) is 5.91 Å². The van der Waals surface area contributed by atoms with Gasteiger partial charge in [-0.3, -0.25) is 15.2 Å². The summed E-state index contributed by atoms with van der Waals surface area (Å²) in [4.78, 5) is 43.6. The number of hydrogen-bond acceptors (Lipinski definition) is 10. The van der Waals surface area contributed by atoms with Crippen LogP contribution in [0.3, 0.4) is 0 Å². The summed E-state index contributed by atoms with van der Waals surface area (Å²) < 4.78 is 21.5. The van der Waals surface area contributed by atoms with Crippen LogP contribution in [-0.2, 0) is 36.7 Å². The third-order valence-corrected chi connectivity index (χ3v) is 9.17. The molecule has 1 fully saturated rings. The molecule has 1 saturated heterocycles. The van der Waals surface area contributed by atoms with E-state index in [1.54, 1.807) is 45.3 Å². The van der Waals surface area contributed by atoms with Crippen molar-refractivity contribution in [2.75, 3.05) is 33.7 Å². The molecule has 3 amide bonds. The number of carbonyl (C=O) groups excluding carboxylic acids is 3. The van der Waals surface area contributed by atoms with Crippen LogP contribution in [0.1, 0.15) is 45.2 Å². The number of aliphatic hydroxyl groups excluding tert-OH is 1. The zero-order valence-electron chi connectivity index (χ0n) is 30.3. The molecule has 5 unspecified atom stereocenters. The number of hydrazine groups is 1. The lowest BCUT2D eigenvalue weighted by Gasteiger charge is -2.34. The van der Waals surface area contributed by atoms with Gasteiger partial charge in [0.05, 0.1) is 25.9 Å². The van der Waals surface area contributed by atoms with Crippen LogP contribution in [0.4, 0.5) is 9.59 Å². The molecule has 282 valence electrons. The molecule has 2 aromatic carbocycles. The SMILES string of the molecule is COC(=O)NC(C(=O)NN(Cc1ccccc1Cl)CC(O)C(Cc1ccc(-c2cccnc2)cc1)NC(=O)OC1COCOCCC1C)C(C)(C)C. The maximum atomic E-state index is 13.7. The van der Waals surface area contributed by atoms with Crippen molar-refractivity contribution in [2.45, 2.75) is 71.4 Å². The minimum absolute atomic E-state index is 0.0230. The fraction of sp³-hybridized carbons (Fsp3) is 0.474. The molecule has 2 heterocycles. The van der Waals surface area contributed by atoms with Crippen LogP contribution in [0, 0.1) is 11.3 Å². The van der Waals surface area contributed by atoms with Crippen molar-refractivity contribution < 1.29 is 38.4 Å². The maximum absolute atomic E-state index is 13.7. The Labute approximate surface area is 310 Å². The fourth-order valence-corrected chi connectivity index (χ4v) is 5.88. The number of nitrogens with one attached hydrogen (secondary N) is 3. The fourth-order valence-electron chi connectivity index (χ4n) is 5.69. The van der Waals surface area contributed by atoms with E-state index in [2.05, 4.69) is 21.0 Å². The highest BCUT2D eigenvalue weighted by Crippen LogP contribution is 2.23. The van der Waals surface area contributed by atoms with Crippen molar-refractivity contribution in [3.63, 3.8) is 0 Å². The highest BCUT2D eigenvalue weighted by Gasteiger charge is 2.35. The van der Waals surface area contributed by atoms with E-state index < -0.39 is 47.8 Å². The minimum Gasteiger partial charge on any atom is -0.453 e. The summed E-state index contributed by atoms with van der Waals surface area (Å²) in [5.41, 5.74) is 5.61. The van der Waals surface area contributed by atoms with Crippen LogP contribution >= 0.6 is 11.6 Å². The third-order valence-electron chi connectivity index (χ3n) is 8.80. The van der Waals surface area contributed by atoms with Crippen molar-refractivity contribution in [3.05, 3.63) is 89.2 Å². The first-order valence-corrected chi connectivity index (χ1v) is 17.6. The number of alkyl carbamates (subject to hydrolysis) is 2. The number of ether oxygens (including phenoxy) is 4. The Morgan fingerprint density at radius 2 is 1.77 bits per heavy atom. The first kappa shape index (κ1) is 40.5. The van der Waals surface area contributed by atoms with E-state index in [1.165, 1.54) is 12.1 Å². The van der Waals surface area contributed by atoms with E-state index >= 15 is 0 Å². The van der Waals surface area contributed by atoms with E-state index in [4.69, 9.17) is 30.5 Å². The molecule has 1 aliphatic rings. The predicted octanol–water partition coefficient (Wildman–Crippen LogP) is 5.10. The highest BCUT2D eigenvalue weighted by molar-refractivity contribution is 6.31. The van der Waals surface area contributed by atoms with Crippen LogP contribution in [-0.4, -0.2) is 91.1 Å². The quantitative estimate of drug-likeness (QED) is 0.174. The minimum atomic E-state index is -1.23. The third kappa shape index (κ3) is 12.4. The second-order valence-electron chi connectivity index (χ2n) is 14.0. The molecule has 4 rings (SSSR count). The van der Waals surface area contributed by atoms with Crippen LogP contribution in [0.25, 0.3) is 11.1 Å². The number of benzene rings is 2. The number of nitrogens with zero attached hydrogens (tertiary/aromatic N) is 2. The monoisotopic (exact) mass is 739 g/mol. The predicted molar refractivity (Wildman–Crippen MR) is 196 cm³/mol. The first-order chi connectivity index (χ1) is 24.8. The van der Waals surface area contributed by atoms with Crippen molar-refractivity contribution in [1.29, 1.82) is 0 Å². The Bertz CT molecular complexity index is 1590. The van der Waals surface area contributed by atoms with Gasteiger partial charge < -0.3 is 34.7 Å². The standard InChI is InChI=1S/C38H50ClN5O8/c1-25-16-18-50-24-51-23-33(25)52-37(48)41-31(19-26-12-14-27(15-13-26)28-10-8-17-40-20-28)32(45)22-44(21-29-9-6-7-11-30(29)39)43-35(46)34(38(2,3)4)42-36(47)49-5/h6-15,17,20,25,31-34,45H,16,18-19,21-24H2,1-5H3,(H,41,48)(H,42,47)(H,43,46). The molecule has 1 aromatic heterocycles. The van der Waals surface area contributed by atoms with Crippen LogP contribution in [0.15, 0.2) is 73.1 Å². The number of aliphatic hydroxyl groups is 1. The summed E-state index contributed by atoms with van der Waals surface area (Å²) in [6, 6.07) is 16.9. The van der Waals surface area contributed by atoms with E-state index in [0.717, 1.165) is 16.7 Å².